The first-order valence-corrected chi connectivity index (χ1v) is 12.0. The maximum absolute atomic E-state index is 13.5. The lowest BCUT2D eigenvalue weighted by Gasteiger charge is -2.34. The zero-order valence-corrected chi connectivity index (χ0v) is 18.3. The molecule has 2 aliphatic rings. The summed E-state index contributed by atoms with van der Waals surface area (Å²) in [5.41, 5.74) is 1.55. The molecule has 1 fully saturated rings. The van der Waals surface area contributed by atoms with Crippen LogP contribution in [0.3, 0.4) is 0 Å². The highest BCUT2D eigenvalue weighted by Gasteiger charge is 2.57. The Balaban J connectivity index is 1.49. The molecule has 5 rings (SSSR count). The van der Waals surface area contributed by atoms with Crippen LogP contribution >= 0.6 is 0 Å². The van der Waals surface area contributed by atoms with Crippen molar-refractivity contribution in [2.75, 3.05) is 13.1 Å². The summed E-state index contributed by atoms with van der Waals surface area (Å²) in [6, 6.07) is 22.5. The number of benzene rings is 3. The standard InChI is InChI=1S/C25H23FN2O3S/c26-21-12-10-20(11-13-21)17-28-25(22-8-4-5-9-23(22)32(28,30)31)14-15-27(18-25)24(29)16-19-6-2-1-3-7-19/h1-13H,14-18H2/t25-/m0/s1. The molecule has 0 aromatic heterocycles. The summed E-state index contributed by atoms with van der Waals surface area (Å²) in [4.78, 5) is 15.1. The van der Waals surface area contributed by atoms with E-state index in [1.165, 1.54) is 16.4 Å². The van der Waals surface area contributed by atoms with E-state index in [4.69, 9.17) is 0 Å². The minimum Gasteiger partial charge on any atom is -0.340 e. The molecule has 0 saturated carbocycles. The molecule has 164 valence electrons. The Hall–Kier alpha value is -3.03. The SMILES string of the molecule is O=C(Cc1ccccc1)N1CC[C@]2(C1)c1ccccc1S(=O)(=O)N2Cc1ccc(F)cc1. The van der Waals surface area contributed by atoms with E-state index in [0.29, 0.717) is 30.0 Å². The Labute approximate surface area is 187 Å². The quantitative estimate of drug-likeness (QED) is 0.609. The van der Waals surface area contributed by atoms with Crippen molar-refractivity contribution in [1.29, 1.82) is 0 Å². The first-order chi connectivity index (χ1) is 15.4. The fourth-order valence-electron chi connectivity index (χ4n) is 4.86. The zero-order chi connectivity index (χ0) is 22.3. The molecule has 32 heavy (non-hydrogen) atoms. The molecule has 0 N–H and O–H groups in total. The Morgan fingerprint density at radius 1 is 0.906 bits per heavy atom. The average molecular weight is 451 g/mol. The molecule has 0 radical (unpaired) electrons. The van der Waals surface area contributed by atoms with E-state index in [9.17, 15) is 17.6 Å². The molecule has 2 heterocycles. The van der Waals surface area contributed by atoms with Gasteiger partial charge in [-0.05, 0) is 41.3 Å². The second-order valence-electron chi connectivity index (χ2n) is 8.39. The van der Waals surface area contributed by atoms with Crippen LogP contribution in [-0.4, -0.2) is 36.6 Å². The number of fused-ring (bicyclic) bond motifs is 2. The first-order valence-electron chi connectivity index (χ1n) is 10.6. The molecular weight excluding hydrogens is 427 g/mol. The Morgan fingerprint density at radius 3 is 2.34 bits per heavy atom. The lowest BCUT2D eigenvalue weighted by molar-refractivity contribution is -0.129. The Morgan fingerprint density at radius 2 is 1.59 bits per heavy atom. The van der Waals surface area contributed by atoms with Gasteiger partial charge in [-0.15, -0.1) is 0 Å². The van der Waals surface area contributed by atoms with Crippen molar-refractivity contribution in [1.82, 2.24) is 9.21 Å². The van der Waals surface area contributed by atoms with Gasteiger partial charge in [-0.3, -0.25) is 4.79 Å². The highest BCUT2D eigenvalue weighted by Crippen LogP contribution is 2.50. The number of carbonyl (C=O) groups excluding carboxylic acids is 1. The molecule has 3 aromatic carbocycles. The van der Waals surface area contributed by atoms with Gasteiger partial charge < -0.3 is 4.90 Å². The van der Waals surface area contributed by atoms with Crippen molar-refractivity contribution >= 4 is 15.9 Å². The van der Waals surface area contributed by atoms with Crippen molar-refractivity contribution in [2.24, 2.45) is 0 Å². The Kier molecular flexibility index (Phi) is 5.10. The van der Waals surface area contributed by atoms with Gasteiger partial charge in [-0.25, -0.2) is 12.8 Å². The van der Waals surface area contributed by atoms with E-state index in [1.54, 1.807) is 29.2 Å². The molecule has 1 amide bonds. The maximum atomic E-state index is 13.5. The molecule has 7 heteroatoms. The number of hydrogen-bond donors (Lipinski definition) is 0. The maximum Gasteiger partial charge on any atom is 0.244 e. The van der Waals surface area contributed by atoms with E-state index < -0.39 is 15.6 Å². The minimum absolute atomic E-state index is 0.0170. The number of nitrogens with zero attached hydrogens (tertiary/aromatic N) is 2. The van der Waals surface area contributed by atoms with Crippen LogP contribution < -0.4 is 0 Å². The fourth-order valence-corrected chi connectivity index (χ4v) is 6.91. The number of halogens is 1. The van der Waals surface area contributed by atoms with E-state index in [2.05, 4.69) is 0 Å². The third-order valence-electron chi connectivity index (χ3n) is 6.47. The topological polar surface area (TPSA) is 57.7 Å². The smallest absolute Gasteiger partial charge is 0.244 e. The number of sulfonamides is 1. The third-order valence-corrected chi connectivity index (χ3v) is 8.44. The molecule has 5 nitrogen and oxygen atoms in total. The van der Waals surface area contributed by atoms with E-state index in [-0.39, 0.29) is 24.7 Å². The molecule has 0 unspecified atom stereocenters. The molecule has 0 bridgehead atoms. The first kappa shape index (κ1) is 20.8. The summed E-state index contributed by atoms with van der Waals surface area (Å²) in [5.74, 6) is -0.383. The summed E-state index contributed by atoms with van der Waals surface area (Å²) < 4.78 is 42.0. The molecule has 3 aromatic rings. The molecule has 2 aliphatic heterocycles. The summed E-state index contributed by atoms with van der Waals surface area (Å²) in [5, 5.41) is 0. The average Bonchev–Trinajstić information content (AvgIpc) is 3.32. The second-order valence-corrected chi connectivity index (χ2v) is 10.2. The van der Waals surface area contributed by atoms with Crippen LogP contribution in [0.5, 0.6) is 0 Å². The Bertz CT molecular complexity index is 1260. The monoisotopic (exact) mass is 450 g/mol. The molecule has 0 aliphatic carbocycles. The summed E-state index contributed by atoms with van der Waals surface area (Å²) >= 11 is 0. The van der Waals surface area contributed by atoms with Gasteiger partial charge in [-0.1, -0.05) is 60.7 Å². The van der Waals surface area contributed by atoms with Crippen LogP contribution in [0, 0.1) is 5.82 Å². The minimum atomic E-state index is -3.75. The number of likely N-dealkylation sites (tertiary alicyclic amines) is 1. The molecule has 1 atom stereocenters. The molecular formula is C25H23FN2O3S. The number of hydrogen-bond acceptors (Lipinski definition) is 3. The number of amides is 1. The lowest BCUT2D eigenvalue weighted by atomic mass is 9.88. The van der Waals surface area contributed by atoms with Gasteiger partial charge in [0, 0.05) is 19.6 Å². The number of carbonyl (C=O) groups is 1. The van der Waals surface area contributed by atoms with Crippen molar-refractivity contribution in [3.05, 3.63) is 101 Å². The van der Waals surface area contributed by atoms with Crippen molar-refractivity contribution in [3.8, 4) is 0 Å². The summed E-state index contributed by atoms with van der Waals surface area (Å²) in [7, 11) is -3.75. The van der Waals surface area contributed by atoms with E-state index in [1.807, 2.05) is 42.5 Å². The highest BCUT2D eigenvalue weighted by atomic mass is 32.2. The van der Waals surface area contributed by atoms with Gasteiger partial charge in [-0.2, -0.15) is 4.31 Å². The van der Waals surface area contributed by atoms with E-state index in [0.717, 1.165) is 11.1 Å². The predicted octanol–water partition coefficient (Wildman–Crippen LogP) is 3.70. The van der Waals surface area contributed by atoms with Gasteiger partial charge in [0.2, 0.25) is 15.9 Å². The highest BCUT2D eigenvalue weighted by molar-refractivity contribution is 7.89. The molecule has 1 spiro atoms. The van der Waals surface area contributed by atoms with Gasteiger partial charge >= 0.3 is 0 Å². The van der Waals surface area contributed by atoms with Crippen LogP contribution in [0.25, 0.3) is 0 Å². The fraction of sp³-hybridized carbons (Fsp3) is 0.240. The second kappa shape index (κ2) is 7.83. The van der Waals surface area contributed by atoms with Crippen LogP contribution in [0.2, 0.25) is 0 Å². The van der Waals surface area contributed by atoms with Crippen LogP contribution in [0.4, 0.5) is 4.39 Å². The lowest BCUT2D eigenvalue weighted by Crippen LogP contribution is -2.46. The van der Waals surface area contributed by atoms with Crippen LogP contribution in [-0.2, 0) is 33.3 Å². The number of rotatable bonds is 4. The van der Waals surface area contributed by atoms with Gasteiger partial charge in [0.15, 0.2) is 0 Å². The molecule has 1 saturated heterocycles. The normalized spacial score (nSPS) is 21.7. The van der Waals surface area contributed by atoms with Crippen molar-refractivity contribution in [2.45, 2.75) is 29.8 Å². The van der Waals surface area contributed by atoms with Crippen LogP contribution in [0.1, 0.15) is 23.1 Å². The van der Waals surface area contributed by atoms with Gasteiger partial charge in [0.1, 0.15) is 5.82 Å². The predicted molar refractivity (Wildman–Crippen MR) is 119 cm³/mol. The third kappa shape index (κ3) is 3.42. The summed E-state index contributed by atoms with van der Waals surface area (Å²) in [6.45, 7) is 0.906. The zero-order valence-electron chi connectivity index (χ0n) is 17.4. The van der Waals surface area contributed by atoms with Crippen molar-refractivity contribution in [3.63, 3.8) is 0 Å². The van der Waals surface area contributed by atoms with E-state index >= 15 is 0 Å². The summed E-state index contributed by atoms with van der Waals surface area (Å²) in [6.07, 6.45) is 0.800. The largest absolute Gasteiger partial charge is 0.340 e. The van der Waals surface area contributed by atoms with Gasteiger partial charge in [0.05, 0.1) is 16.9 Å². The van der Waals surface area contributed by atoms with Gasteiger partial charge in [0.25, 0.3) is 0 Å². The van der Waals surface area contributed by atoms with Crippen molar-refractivity contribution < 1.29 is 17.6 Å². The van der Waals surface area contributed by atoms with Crippen LogP contribution in [0.15, 0.2) is 83.8 Å².